The van der Waals surface area contributed by atoms with E-state index >= 15 is 0 Å². The Kier molecular flexibility index (Phi) is 2.96. The molecule has 0 amide bonds. The average molecular weight is 298 g/mol. The van der Waals surface area contributed by atoms with Gasteiger partial charge in [-0.2, -0.15) is 0 Å². The van der Waals surface area contributed by atoms with Gasteiger partial charge in [-0.1, -0.05) is 11.6 Å². The molecule has 19 heavy (non-hydrogen) atoms. The first-order chi connectivity index (χ1) is 9.16. The van der Waals surface area contributed by atoms with Gasteiger partial charge in [0.15, 0.2) is 0 Å². The fourth-order valence-electron chi connectivity index (χ4n) is 3.91. The van der Waals surface area contributed by atoms with Crippen LogP contribution in [0.2, 0.25) is 4.34 Å². The van der Waals surface area contributed by atoms with E-state index in [0.717, 1.165) is 36.1 Å². The molecular weight excluding hydrogens is 278 g/mol. The van der Waals surface area contributed by atoms with E-state index in [1.54, 1.807) is 11.3 Å². The van der Waals surface area contributed by atoms with Gasteiger partial charge < -0.3 is 10.1 Å². The van der Waals surface area contributed by atoms with E-state index in [1.165, 1.54) is 23.3 Å². The number of hydrogen-bond acceptors (Lipinski definition) is 3. The molecule has 1 saturated carbocycles. The first-order valence-electron chi connectivity index (χ1n) is 7.35. The molecule has 1 aromatic rings. The highest BCUT2D eigenvalue weighted by Gasteiger charge is 2.48. The minimum Gasteiger partial charge on any atom is -0.369 e. The molecule has 1 saturated heterocycles. The first kappa shape index (κ1) is 12.6. The normalized spacial score (nSPS) is 38.4. The van der Waals surface area contributed by atoms with Crippen molar-refractivity contribution in [1.29, 1.82) is 0 Å². The summed E-state index contributed by atoms with van der Waals surface area (Å²) in [6.45, 7) is 3.15. The lowest BCUT2D eigenvalue weighted by molar-refractivity contribution is -0.0967. The van der Waals surface area contributed by atoms with Crippen molar-refractivity contribution in [2.75, 3.05) is 6.61 Å². The van der Waals surface area contributed by atoms with E-state index in [-0.39, 0.29) is 5.60 Å². The van der Waals surface area contributed by atoms with Crippen molar-refractivity contribution in [3.8, 4) is 0 Å². The number of thiophene rings is 1. The Labute approximate surface area is 123 Å². The van der Waals surface area contributed by atoms with Crippen LogP contribution in [0.25, 0.3) is 0 Å². The fourth-order valence-corrected chi connectivity index (χ4v) is 5.37. The van der Waals surface area contributed by atoms with Crippen LogP contribution in [-0.2, 0) is 16.8 Å². The number of fused-ring (bicyclic) bond motifs is 2. The van der Waals surface area contributed by atoms with E-state index in [9.17, 15) is 0 Å². The second-order valence-electron chi connectivity index (χ2n) is 6.42. The van der Waals surface area contributed by atoms with Crippen molar-refractivity contribution in [1.82, 2.24) is 5.32 Å². The van der Waals surface area contributed by atoms with E-state index in [1.807, 2.05) is 0 Å². The molecule has 0 bridgehead atoms. The van der Waals surface area contributed by atoms with E-state index in [0.29, 0.717) is 12.1 Å². The Bertz CT molecular complexity index is 498. The molecule has 4 rings (SSSR count). The number of ether oxygens (including phenoxy) is 1. The topological polar surface area (TPSA) is 21.3 Å². The third-order valence-corrected chi connectivity index (χ3v) is 6.31. The summed E-state index contributed by atoms with van der Waals surface area (Å²) in [7, 11) is 0. The van der Waals surface area contributed by atoms with Crippen molar-refractivity contribution in [2.45, 2.75) is 56.7 Å². The second-order valence-corrected chi connectivity index (χ2v) is 8.10. The summed E-state index contributed by atoms with van der Waals surface area (Å²) in [6.07, 6.45) is 6.01. The fraction of sp³-hybridized carbons (Fsp3) is 0.733. The van der Waals surface area contributed by atoms with Crippen LogP contribution >= 0.6 is 22.9 Å². The average Bonchev–Trinajstić information content (AvgIpc) is 3.12. The molecule has 2 nitrogen and oxygen atoms in total. The van der Waals surface area contributed by atoms with Gasteiger partial charge in [0.1, 0.15) is 5.60 Å². The summed E-state index contributed by atoms with van der Waals surface area (Å²) >= 11 is 7.99. The quantitative estimate of drug-likeness (QED) is 0.853. The van der Waals surface area contributed by atoms with Crippen LogP contribution in [0, 0.1) is 5.92 Å². The molecule has 3 aliphatic rings. The van der Waals surface area contributed by atoms with E-state index < -0.39 is 0 Å². The highest BCUT2D eigenvalue weighted by Crippen LogP contribution is 2.50. The van der Waals surface area contributed by atoms with Gasteiger partial charge in [-0.15, -0.1) is 11.3 Å². The highest BCUT2D eigenvalue weighted by atomic mass is 35.5. The maximum atomic E-state index is 6.34. The number of halogens is 1. The number of piperidine rings is 1. The van der Waals surface area contributed by atoms with Gasteiger partial charge >= 0.3 is 0 Å². The van der Waals surface area contributed by atoms with Crippen molar-refractivity contribution >= 4 is 22.9 Å². The minimum absolute atomic E-state index is 0.0523. The van der Waals surface area contributed by atoms with Crippen molar-refractivity contribution < 1.29 is 4.74 Å². The molecule has 3 heterocycles. The summed E-state index contributed by atoms with van der Waals surface area (Å²) in [5.74, 6) is 0.879. The summed E-state index contributed by atoms with van der Waals surface area (Å²) < 4.78 is 7.26. The number of nitrogens with one attached hydrogen (secondary N) is 1. The lowest BCUT2D eigenvalue weighted by Crippen LogP contribution is -2.54. The Morgan fingerprint density at radius 3 is 3.05 bits per heavy atom. The van der Waals surface area contributed by atoms with Crippen molar-refractivity contribution in [2.24, 2.45) is 5.92 Å². The third-order valence-electron chi connectivity index (χ3n) is 4.82. The van der Waals surface area contributed by atoms with E-state index in [2.05, 4.69) is 18.3 Å². The molecular formula is C15H20ClNOS. The largest absolute Gasteiger partial charge is 0.369 e. The molecule has 0 aromatic carbocycles. The molecule has 1 aliphatic carbocycles. The van der Waals surface area contributed by atoms with Crippen LogP contribution in [0.3, 0.4) is 0 Å². The number of rotatable bonds is 1. The molecule has 1 spiro atoms. The molecule has 2 fully saturated rings. The molecule has 3 atom stereocenters. The zero-order valence-corrected chi connectivity index (χ0v) is 12.8. The third kappa shape index (κ3) is 2.15. The SMILES string of the molecule is C[C@H]1C[C@@]2(CC(C3CC3)N1)OCCc1cc(Cl)sc12. The van der Waals surface area contributed by atoms with Crippen molar-refractivity contribution in [3.05, 3.63) is 20.8 Å². The molecule has 104 valence electrons. The Balaban J connectivity index is 1.71. The first-order valence-corrected chi connectivity index (χ1v) is 8.54. The standard InChI is InChI=1S/C15H20ClNOS/c1-9-7-15(8-12(17-9)10-2-3-10)14-11(4-5-18-15)6-13(16)19-14/h6,9-10,12,17H,2-5,7-8H2,1H3/t9-,12?,15-/m0/s1. The van der Waals surface area contributed by atoms with Crippen LogP contribution in [0.15, 0.2) is 6.07 Å². The van der Waals surface area contributed by atoms with Crippen LogP contribution < -0.4 is 5.32 Å². The zero-order valence-electron chi connectivity index (χ0n) is 11.2. The smallest absolute Gasteiger partial charge is 0.106 e. The lowest BCUT2D eigenvalue weighted by atomic mass is 9.78. The van der Waals surface area contributed by atoms with Crippen LogP contribution in [0.5, 0.6) is 0 Å². The summed E-state index contributed by atoms with van der Waals surface area (Å²) in [5.41, 5.74) is 1.38. The molecule has 0 radical (unpaired) electrons. The van der Waals surface area contributed by atoms with Crippen LogP contribution in [0.1, 0.15) is 43.0 Å². The molecule has 2 aliphatic heterocycles. The lowest BCUT2D eigenvalue weighted by Gasteiger charge is -2.46. The predicted octanol–water partition coefficient (Wildman–Crippen LogP) is 3.72. The van der Waals surface area contributed by atoms with Gasteiger partial charge in [0.05, 0.1) is 10.9 Å². The summed E-state index contributed by atoms with van der Waals surface area (Å²) in [4.78, 5) is 1.42. The summed E-state index contributed by atoms with van der Waals surface area (Å²) in [6, 6.07) is 3.33. The molecule has 1 aromatic heterocycles. The Morgan fingerprint density at radius 2 is 2.26 bits per heavy atom. The van der Waals surface area contributed by atoms with Gasteiger partial charge in [-0.3, -0.25) is 0 Å². The highest BCUT2D eigenvalue weighted by molar-refractivity contribution is 7.16. The monoisotopic (exact) mass is 297 g/mol. The molecule has 4 heteroatoms. The van der Waals surface area contributed by atoms with Gasteiger partial charge in [0, 0.05) is 17.0 Å². The van der Waals surface area contributed by atoms with Crippen LogP contribution in [-0.4, -0.2) is 18.7 Å². The van der Waals surface area contributed by atoms with Gasteiger partial charge in [-0.25, -0.2) is 0 Å². The molecule has 1 N–H and O–H groups in total. The zero-order chi connectivity index (χ0) is 13.0. The second kappa shape index (κ2) is 4.45. The minimum atomic E-state index is -0.0523. The maximum absolute atomic E-state index is 6.34. The van der Waals surface area contributed by atoms with E-state index in [4.69, 9.17) is 16.3 Å². The maximum Gasteiger partial charge on any atom is 0.106 e. The van der Waals surface area contributed by atoms with Gasteiger partial charge in [-0.05, 0) is 56.6 Å². The van der Waals surface area contributed by atoms with Crippen LogP contribution in [0.4, 0.5) is 0 Å². The number of hydrogen-bond donors (Lipinski definition) is 1. The predicted molar refractivity (Wildman–Crippen MR) is 79.0 cm³/mol. The Morgan fingerprint density at radius 1 is 1.42 bits per heavy atom. The molecule has 1 unspecified atom stereocenters. The summed E-state index contributed by atoms with van der Waals surface area (Å²) in [5, 5.41) is 3.78. The van der Waals surface area contributed by atoms with Gasteiger partial charge in [0.25, 0.3) is 0 Å². The van der Waals surface area contributed by atoms with Gasteiger partial charge in [0.2, 0.25) is 0 Å². The Hall–Kier alpha value is -0.0900. The van der Waals surface area contributed by atoms with Crippen molar-refractivity contribution in [3.63, 3.8) is 0 Å².